The number of nitrogens with zero attached hydrogens (tertiary/aromatic N) is 2. The van der Waals surface area contributed by atoms with Crippen LogP contribution in [-0.4, -0.2) is 9.97 Å². The van der Waals surface area contributed by atoms with Crippen LogP contribution in [0.2, 0.25) is 0 Å². The lowest BCUT2D eigenvalue weighted by Gasteiger charge is -2.09. The third-order valence-electron chi connectivity index (χ3n) is 1.61. The van der Waals surface area contributed by atoms with Crippen molar-refractivity contribution < 1.29 is 13.2 Å². The van der Waals surface area contributed by atoms with Crippen molar-refractivity contribution in [3.8, 4) is 0 Å². The van der Waals surface area contributed by atoms with E-state index in [4.69, 9.17) is 5.73 Å². The molecular formula is C8H10F3N3. The lowest BCUT2D eigenvalue weighted by Crippen LogP contribution is -2.14. The summed E-state index contributed by atoms with van der Waals surface area (Å²) in [6, 6.07) is 1.35. The Bertz CT molecular complexity index is 333. The zero-order valence-electron chi connectivity index (χ0n) is 7.76. The molecule has 0 radical (unpaired) electrons. The summed E-state index contributed by atoms with van der Waals surface area (Å²) < 4.78 is 36.7. The van der Waals surface area contributed by atoms with Crippen LogP contribution >= 0.6 is 0 Å². The minimum Gasteiger partial charge on any atom is -0.384 e. The average molecular weight is 205 g/mol. The van der Waals surface area contributed by atoms with Crippen LogP contribution in [0.3, 0.4) is 0 Å². The van der Waals surface area contributed by atoms with E-state index in [1.807, 2.05) is 0 Å². The van der Waals surface area contributed by atoms with Gasteiger partial charge in [0.05, 0.1) is 0 Å². The van der Waals surface area contributed by atoms with Gasteiger partial charge in [-0.2, -0.15) is 13.2 Å². The molecule has 1 aromatic heterocycles. The predicted molar refractivity (Wildman–Crippen MR) is 45.5 cm³/mol. The van der Waals surface area contributed by atoms with E-state index in [1.54, 1.807) is 13.8 Å². The quantitative estimate of drug-likeness (QED) is 0.764. The molecule has 3 nitrogen and oxygen atoms in total. The Kier molecular flexibility index (Phi) is 2.64. The van der Waals surface area contributed by atoms with Crippen molar-refractivity contribution in [2.75, 3.05) is 5.73 Å². The van der Waals surface area contributed by atoms with Gasteiger partial charge in [0.25, 0.3) is 0 Å². The predicted octanol–water partition coefficient (Wildman–Crippen LogP) is 2.20. The molecule has 0 spiro atoms. The van der Waals surface area contributed by atoms with Crippen LogP contribution in [0.1, 0.15) is 31.3 Å². The molecule has 0 aliphatic carbocycles. The fourth-order valence-electron chi connectivity index (χ4n) is 0.908. The van der Waals surface area contributed by atoms with Crippen LogP contribution < -0.4 is 5.73 Å². The number of aromatic nitrogens is 2. The molecule has 1 rings (SSSR count). The molecule has 0 saturated heterocycles. The van der Waals surface area contributed by atoms with Crippen LogP contribution in [0.15, 0.2) is 6.07 Å². The standard InChI is InChI=1S/C8H10F3N3/c1-4(2)5-3-6(12)14-7(13-5)8(9,10)11/h3-4H,1-2H3,(H2,12,13,14). The summed E-state index contributed by atoms with van der Waals surface area (Å²) in [6.07, 6.45) is -4.54. The number of nitrogen functional groups attached to an aromatic ring is 1. The Morgan fingerprint density at radius 1 is 1.29 bits per heavy atom. The number of rotatable bonds is 1. The largest absolute Gasteiger partial charge is 0.451 e. The Balaban J connectivity index is 3.21. The van der Waals surface area contributed by atoms with Gasteiger partial charge in [0.15, 0.2) is 0 Å². The van der Waals surface area contributed by atoms with Gasteiger partial charge in [0.1, 0.15) is 5.82 Å². The molecule has 6 heteroatoms. The molecule has 78 valence electrons. The average Bonchev–Trinajstić information content (AvgIpc) is 2.01. The Morgan fingerprint density at radius 2 is 1.86 bits per heavy atom. The molecule has 0 aliphatic heterocycles. The van der Waals surface area contributed by atoms with Crippen molar-refractivity contribution in [3.05, 3.63) is 17.6 Å². The minimum absolute atomic E-state index is 0.110. The topological polar surface area (TPSA) is 51.8 Å². The molecule has 2 N–H and O–H groups in total. The second kappa shape index (κ2) is 3.43. The fraction of sp³-hybridized carbons (Fsp3) is 0.500. The number of hydrogen-bond acceptors (Lipinski definition) is 3. The molecule has 14 heavy (non-hydrogen) atoms. The Morgan fingerprint density at radius 3 is 2.29 bits per heavy atom. The van der Waals surface area contributed by atoms with Gasteiger partial charge in [-0.05, 0) is 5.92 Å². The maximum Gasteiger partial charge on any atom is 0.451 e. The second-order valence-electron chi connectivity index (χ2n) is 3.19. The Labute approximate surface area is 79.2 Å². The van der Waals surface area contributed by atoms with Gasteiger partial charge in [-0.25, -0.2) is 9.97 Å². The summed E-state index contributed by atoms with van der Waals surface area (Å²) in [5.74, 6) is -1.45. The summed E-state index contributed by atoms with van der Waals surface area (Å²) in [7, 11) is 0. The zero-order valence-corrected chi connectivity index (χ0v) is 7.76. The molecule has 0 bridgehead atoms. The summed E-state index contributed by atoms with van der Waals surface area (Å²) in [5, 5.41) is 0. The van der Waals surface area contributed by atoms with Crippen molar-refractivity contribution in [1.29, 1.82) is 0 Å². The van der Waals surface area contributed by atoms with Gasteiger partial charge < -0.3 is 5.73 Å². The number of halogens is 3. The summed E-state index contributed by atoms with van der Waals surface area (Å²) in [5.41, 5.74) is 5.54. The highest BCUT2D eigenvalue weighted by Gasteiger charge is 2.35. The first kappa shape index (κ1) is 10.7. The van der Waals surface area contributed by atoms with Gasteiger partial charge >= 0.3 is 6.18 Å². The number of hydrogen-bond donors (Lipinski definition) is 1. The van der Waals surface area contributed by atoms with Crippen molar-refractivity contribution in [2.24, 2.45) is 0 Å². The maximum atomic E-state index is 12.2. The molecular weight excluding hydrogens is 195 g/mol. The van der Waals surface area contributed by atoms with E-state index in [2.05, 4.69) is 9.97 Å². The van der Waals surface area contributed by atoms with Crippen molar-refractivity contribution in [1.82, 2.24) is 9.97 Å². The van der Waals surface area contributed by atoms with E-state index in [1.165, 1.54) is 6.07 Å². The summed E-state index contributed by atoms with van der Waals surface area (Å²) in [6.45, 7) is 3.48. The highest BCUT2D eigenvalue weighted by Crippen LogP contribution is 2.27. The lowest BCUT2D eigenvalue weighted by molar-refractivity contribution is -0.145. The SMILES string of the molecule is CC(C)c1cc(N)nc(C(F)(F)F)n1. The van der Waals surface area contributed by atoms with Gasteiger partial charge in [-0.3, -0.25) is 0 Å². The first-order chi connectivity index (χ1) is 6.30. The van der Waals surface area contributed by atoms with Crippen LogP contribution in [-0.2, 0) is 6.18 Å². The van der Waals surface area contributed by atoms with E-state index >= 15 is 0 Å². The van der Waals surface area contributed by atoms with Crippen LogP contribution in [0.25, 0.3) is 0 Å². The molecule has 1 aromatic rings. The number of nitrogens with two attached hydrogens (primary N) is 1. The summed E-state index contributed by atoms with van der Waals surface area (Å²) >= 11 is 0. The third-order valence-corrected chi connectivity index (χ3v) is 1.61. The molecule has 0 aliphatic rings. The van der Waals surface area contributed by atoms with Gasteiger partial charge in [0, 0.05) is 11.8 Å². The van der Waals surface area contributed by atoms with Crippen LogP contribution in [0, 0.1) is 0 Å². The monoisotopic (exact) mass is 205 g/mol. The van der Waals surface area contributed by atoms with Gasteiger partial charge in [0.2, 0.25) is 5.82 Å². The molecule has 1 heterocycles. The molecule has 0 saturated carbocycles. The summed E-state index contributed by atoms with van der Waals surface area (Å²) in [4.78, 5) is 6.52. The van der Waals surface area contributed by atoms with Crippen LogP contribution in [0.5, 0.6) is 0 Å². The maximum absolute atomic E-state index is 12.2. The lowest BCUT2D eigenvalue weighted by atomic mass is 10.1. The molecule has 0 amide bonds. The molecule has 0 aromatic carbocycles. The zero-order chi connectivity index (χ0) is 10.9. The smallest absolute Gasteiger partial charge is 0.384 e. The normalized spacial score (nSPS) is 12.1. The van der Waals surface area contributed by atoms with Crippen LogP contribution in [0.4, 0.5) is 19.0 Å². The second-order valence-corrected chi connectivity index (χ2v) is 3.19. The number of alkyl halides is 3. The van der Waals surface area contributed by atoms with Crippen molar-refractivity contribution in [3.63, 3.8) is 0 Å². The highest BCUT2D eigenvalue weighted by molar-refractivity contribution is 5.31. The van der Waals surface area contributed by atoms with Gasteiger partial charge in [-0.1, -0.05) is 13.8 Å². The van der Waals surface area contributed by atoms with E-state index < -0.39 is 12.0 Å². The van der Waals surface area contributed by atoms with E-state index in [9.17, 15) is 13.2 Å². The van der Waals surface area contributed by atoms with E-state index in [0.29, 0.717) is 5.69 Å². The van der Waals surface area contributed by atoms with Crippen molar-refractivity contribution in [2.45, 2.75) is 25.9 Å². The Hall–Kier alpha value is -1.33. The first-order valence-corrected chi connectivity index (χ1v) is 4.02. The minimum atomic E-state index is -4.54. The third kappa shape index (κ3) is 2.34. The fourth-order valence-corrected chi connectivity index (χ4v) is 0.908. The number of anilines is 1. The molecule has 0 fully saturated rings. The van der Waals surface area contributed by atoms with E-state index in [-0.39, 0.29) is 11.7 Å². The molecule has 0 atom stereocenters. The van der Waals surface area contributed by atoms with Gasteiger partial charge in [-0.15, -0.1) is 0 Å². The van der Waals surface area contributed by atoms with Crippen molar-refractivity contribution >= 4 is 5.82 Å². The molecule has 0 unspecified atom stereocenters. The van der Waals surface area contributed by atoms with E-state index in [0.717, 1.165) is 0 Å². The highest BCUT2D eigenvalue weighted by atomic mass is 19.4. The first-order valence-electron chi connectivity index (χ1n) is 4.02.